The number of hydrogen-bond acceptors (Lipinski definition) is 4. The summed E-state index contributed by atoms with van der Waals surface area (Å²) in [5.41, 5.74) is 0. The number of nitrogens with one attached hydrogen (secondary N) is 2. The minimum Gasteiger partial charge on any atom is -0.480 e. The van der Waals surface area contributed by atoms with Crippen molar-refractivity contribution in [3.05, 3.63) is 0 Å². The quantitative estimate of drug-likeness (QED) is 0.491. The average molecular weight is 245 g/mol. The van der Waals surface area contributed by atoms with Crippen LogP contribution in [0.4, 0.5) is 0 Å². The van der Waals surface area contributed by atoms with Gasteiger partial charge in [0.05, 0.1) is 19.6 Å². The molecule has 3 N–H and O–H groups in total. The molecule has 0 aromatic rings. The third kappa shape index (κ3) is 8.21. The van der Waals surface area contributed by atoms with Gasteiger partial charge in [-0.25, -0.2) is 0 Å². The summed E-state index contributed by atoms with van der Waals surface area (Å²) in [4.78, 5) is 34.1. The Morgan fingerprint density at radius 2 is 1.88 bits per heavy atom. The van der Waals surface area contributed by atoms with Crippen LogP contribution in [0.2, 0.25) is 0 Å². The van der Waals surface area contributed by atoms with E-state index in [0.717, 1.165) is 6.42 Å². The number of nitrogens with zero attached hydrogens (tertiary/aromatic N) is 1. The van der Waals surface area contributed by atoms with Gasteiger partial charge in [0.2, 0.25) is 11.8 Å². The van der Waals surface area contributed by atoms with E-state index in [1.54, 1.807) is 0 Å². The summed E-state index contributed by atoms with van der Waals surface area (Å²) < 4.78 is 0. The monoisotopic (exact) mass is 245 g/mol. The molecule has 0 saturated carbocycles. The molecule has 0 aromatic carbocycles. The highest BCUT2D eigenvalue weighted by molar-refractivity contribution is 5.85. The zero-order valence-corrected chi connectivity index (χ0v) is 10.2. The Kier molecular flexibility index (Phi) is 7.70. The summed E-state index contributed by atoms with van der Waals surface area (Å²) in [5, 5.41) is 13.5. The number of aliphatic carboxylic acids is 1. The van der Waals surface area contributed by atoms with Crippen molar-refractivity contribution >= 4 is 17.8 Å². The molecule has 0 saturated heterocycles. The highest BCUT2D eigenvalue weighted by Gasteiger charge is 2.12. The van der Waals surface area contributed by atoms with Crippen molar-refractivity contribution in [1.29, 1.82) is 0 Å². The maximum Gasteiger partial charge on any atom is 0.317 e. The highest BCUT2D eigenvalue weighted by Crippen LogP contribution is 1.84. The van der Waals surface area contributed by atoms with E-state index in [9.17, 15) is 14.4 Å². The SMILES string of the molecule is CCCNC(=O)CN(C)C(=O)CNCC(=O)O. The molecule has 7 heteroatoms. The summed E-state index contributed by atoms with van der Waals surface area (Å²) >= 11 is 0. The van der Waals surface area contributed by atoms with Crippen LogP contribution in [-0.2, 0) is 14.4 Å². The first kappa shape index (κ1) is 15.4. The first-order valence-corrected chi connectivity index (χ1v) is 5.40. The van der Waals surface area contributed by atoms with Crippen LogP contribution < -0.4 is 10.6 Å². The molecule has 0 radical (unpaired) electrons. The van der Waals surface area contributed by atoms with Crippen LogP contribution in [0.1, 0.15) is 13.3 Å². The number of rotatable bonds is 8. The summed E-state index contributed by atoms with van der Waals surface area (Å²) in [7, 11) is 1.50. The zero-order valence-electron chi connectivity index (χ0n) is 10.2. The number of carboxylic acids is 1. The molecule has 0 aromatic heterocycles. The Morgan fingerprint density at radius 3 is 2.41 bits per heavy atom. The lowest BCUT2D eigenvalue weighted by atomic mass is 10.4. The summed E-state index contributed by atoms with van der Waals surface area (Å²) in [6, 6.07) is 0. The molecule has 7 nitrogen and oxygen atoms in total. The van der Waals surface area contributed by atoms with E-state index in [2.05, 4.69) is 10.6 Å². The maximum atomic E-state index is 11.4. The predicted molar refractivity (Wildman–Crippen MR) is 61.4 cm³/mol. The average Bonchev–Trinajstić information content (AvgIpc) is 2.25. The molecule has 0 aliphatic carbocycles. The first-order chi connectivity index (χ1) is 7.97. The Labute approximate surface area is 100 Å². The van der Waals surface area contributed by atoms with E-state index in [1.807, 2.05) is 6.92 Å². The van der Waals surface area contributed by atoms with Gasteiger partial charge in [0.1, 0.15) is 0 Å². The van der Waals surface area contributed by atoms with E-state index < -0.39 is 5.97 Å². The predicted octanol–water partition coefficient (Wildman–Crippen LogP) is -1.35. The number of carboxylic acid groups (broad SMARTS) is 1. The van der Waals surface area contributed by atoms with Crippen LogP contribution >= 0.6 is 0 Å². The molecule has 17 heavy (non-hydrogen) atoms. The molecule has 0 aliphatic rings. The fraction of sp³-hybridized carbons (Fsp3) is 0.700. The standard InChI is InChI=1S/C10H19N3O4/c1-3-4-12-8(14)7-13(2)9(15)5-11-6-10(16)17/h11H,3-7H2,1-2H3,(H,12,14)(H,16,17). The lowest BCUT2D eigenvalue weighted by molar-refractivity contribution is -0.136. The van der Waals surface area contributed by atoms with Gasteiger partial charge in [-0.05, 0) is 6.42 Å². The fourth-order valence-electron chi connectivity index (χ4n) is 1.04. The van der Waals surface area contributed by atoms with Crippen LogP contribution in [0.15, 0.2) is 0 Å². The third-order valence-corrected chi connectivity index (χ3v) is 1.93. The molecule has 0 unspecified atom stereocenters. The van der Waals surface area contributed by atoms with Crippen molar-refractivity contribution in [1.82, 2.24) is 15.5 Å². The fourth-order valence-corrected chi connectivity index (χ4v) is 1.04. The van der Waals surface area contributed by atoms with Crippen molar-refractivity contribution < 1.29 is 19.5 Å². The van der Waals surface area contributed by atoms with Crippen LogP contribution in [0.3, 0.4) is 0 Å². The Bertz CT molecular complexity index is 281. The third-order valence-electron chi connectivity index (χ3n) is 1.93. The van der Waals surface area contributed by atoms with E-state index in [1.165, 1.54) is 11.9 Å². The normalized spacial score (nSPS) is 9.76. The summed E-state index contributed by atoms with van der Waals surface area (Å²) in [6.07, 6.45) is 0.837. The van der Waals surface area contributed by atoms with Crippen molar-refractivity contribution in [3.8, 4) is 0 Å². The number of hydrogen-bond donors (Lipinski definition) is 3. The van der Waals surface area contributed by atoms with Crippen LogP contribution in [-0.4, -0.2) is 61.0 Å². The molecule has 0 rings (SSSR count). The Balaban J connectivity index is 3.80. The first-order valence-electron chi connectivity index (χ1n) is 5.40. The Hall–Kier alpha value is -1.63. The van der Waals surface area contributed by atoms with Gasteiger partial charge >= 0.3 is 5.97 Å². The minimum absolute atomic E-state index is 0.0203. The van der Waals surface area contributed by atoms with E-state index >= 15 is 0 Å². The maximum absolute atomic E-state index is 11.4. The molecule has 0 fully saturated rings. The minimum atomic E-state index is -1.03. The van der Waals surface area contributed by atoms with Gasteiger partial charge < -0.3 is 15.3 Å². The Morgan fingerprint density at radius 1 is 1.24 bits per heavy atom. The number of carbonyl (C=O) groups is 3. The van der Waals surface area contributed by atoms with E-state index in [-0.39, 0.29) is 31.4 Å². The zero-order chi connectivity index (χ0) is 13.3. The van der Waals surface area contributed by atoms with Gasteiger partial charge in [-0.1, -0.05) is 6.92 Å². The van der Waals surface area contributed by atoms with Gasteiger partial charge in [-0.3, -0.25) is 19.7 Å². The molecule has 0 bridgehead atoms. The van der Waals surface area contributed by atoms with Gasteiger partial charge in [0.15, 0.2) is 0 Å². The largest absolute Gasteiger partial charge is 0.480 e. The molecule has 0 atom stereocenters. The lowest BCUT2D eigenvalue weighted by Gasteiger charge is -2.16. The molecule has 0 aliphatic heterocycles. The molecule has 98 valence electrons. The number of carbonyl (C=O) groups excluding carboxylic acids is 2. The molecule has 2 amide bonds. The van der Waals surface area contributed by atoms with Crippen LogP contribution in [0.25, 0.3) is 0 Å². The molecule has 0 heterocycles. The van der Waals surface area contributed by atoms with E-state index in [0.29, 0.717) is 6.54 Å². The highest BCUT2D eigenvalue weighted by atomic mass is 16.4. The second-order valence-electron chi connectivity index (χ2n) is 3.60. The van der Waals surface area contributed by atoms with E-state index in [4.69, 9.17) is 5.11 Å². The molecular weight excluding hydrogens is 226 g/mol. The second-order valence-corrected chi connectivity index (χ2v) is 3.60. The van der Waals surface area contributed by atoms with Crippen molar-refractivity contribution in [2.45, 2.75) is 13.3 Å². The van der Waals surface area contributed by atoms with Gasteiger partial charge in [0, 0.05) is 13.6 Å². The van der Waals surface area contributed by atoms with Crippen LogP contribution in [0, 0.1) is 0 Å². The smallest absolute Gasteiger partial charge is 0.317 e. The van der Waals surface area contributed by atoms with Crippen molar-refractivity contribution in [3.63, 3.8) is 0 Å². The topological polar surface area (TPSA) is 98.7 Å². The lowest BCUT2D eigenvalue weighted by Crippen LogP contribution is -2.42. The van der Waals surface area contributed by atoms with Crippen LogP contribution in [0.5, 0.6) is 0 Å². The number of amides is 2. The second kappa shape index (κ2) is 8.51. The number of likely N-dealkylation sites (N-methyl/N-ethyl adjacent to an activating group) is 1. The summed E-state index contributed by atoms with van der Waals surface area (Å²) in [6.45, 7) is 2.13. The van der Waals surface area contributed by atoms with Crippen molar-refractivity contribution in [2.75, 3.05) is 33.2 Å². The molecular formula is C10H19N3O4. The molecule has 0 spiro atoms. The van der Waals surface area contributed by atoms with Crippen molar-refractivity contribution in [2.24, 2.45) is 0 Å². The van der Waals surface area contributed by atoms with Gasteiger partial charge in [-0.15, -0.1) is 0 Å². The van der Waals surface area contributed by atoms with Gasteiger partial charge in [0.25, 0.3) is 0 Å². The summed E-state index contributed by atoms with van der Waals surface area (Å²) in [5.74, 6) is -1.57. The van der Waals surface area contributed by atoms with Gasteiger partial charge in [-0.2, -0.15) is 0 Å².